The molecule has 0 bridgehead atoms. The molecule has 1 aliphatic heterocycles. The van der Waals surface area contributed by atoms with Crippen LogP contribution in [0.4, 0.5) is 0 Å². The van der Waals surface area contributed by atoms with Crippen LogP contribution in [0.25, 0.3) is 6.08 Å². The number of aromatic nitrogens is 1. The zero-order valence-corrected chi connectivity index (χ0v) is 7.02. The van der Waals surface area contributed by atoms with E-state index in [0.29, 0.717) is 5.22 Å². The summed E-state index contributed by atoms with van der Waals surface area (Å²) < 4.78 is 5.36. The van der Waals surface area contributed by atoms with Gasteiger partial charge >= 0.3 is 0 Å². The quantitative estimate of drug-likeness (QED) is 0.562. The van der Waals surface area contributed by atoms with Gasteiger partial charge in [-0.25, -0.2) is 0 Å². The summed E-state index contributed by atoms with van der Waals surface area (Å²) in [5, 5.41) is 0.705. The predicted molar refractivity (Wildman–Crippen MR) is 43.0 cm³/mol. The normalized spacial score (nSPS) is 15.0. The summed E-state index contributed by atoms with van der Waals surface area (Å²) in [6, 6.07) is 0. The van der Waals surface area contributed by atoms with Gasteiger partial charge in [0.15, 0.2) is 10.9 Å². The van der Waals surface area contributed by atoms with E-state index in [4.69, 9.17) is 4.42 Å². The number of nitrogens with zero attached hydrogens (tertiary/aromatic N) is 2. The lowest BCUT2D eigenvalue weighted by atomic mass is 10.3. The molecule has 0 saturated carbocycles. The van der Waals surface area contributed by atoms with Gasteiger partial charge in [0.05, 0.1) is 0 Å². The third-order valence-electron chi connectivity index (χ3n) is 1.51. The van der Waals surface area contributed by atoms with Crippen molar-refractivity contribution in [3.63, 3.8) is 0 Å². The summed E-state index contributed by atoms with van der Waals surface area (Å²) in [7, 11) is 0. The highest BCUT2D eigenvalue weighted by Crippen LogP contribution is 2.05. The van der Waals surface area contributed by atoms with Crippen LogP contribution in [0, 0.1) is 0 Å². The molecule has 11 heavy (non-hydrogen) atoms. The molecule has 3 nitrogen and oxygen atoms in total. The Kier molecular flexibility index (Phi) is 1.69. The first-order valence-electron chi connectivity index (χ1n) is 3.45. The minimum atomic E-state index is 0.705. The Morgan fingerprint density at radius 2 is 2.55 bits per heavy atom. The van der Waals surface area contributed by atoms with Crippen molar-refractivity contribution in [1.82, 2.24) is 4.98 Å². The van der Waals surface area contributed by atoms with E-state index in [2.05, 4.69) is 9.98 Å². The minimum absolute atomic E-state index is 0.705. The Morgan fingerprint density at radius 1 is 1.64 bits per heavy atom. The number of oxazole rings is 1. The Hall–Kier alpha value is -0.770. The first-order valence-corrected chi connectivity index (χ1v) is 4.68. The van der Waals surface area contributed by atoms with Crippen LogP contribution >= 0.6 is 11.8 Å². The summed E-state index contributed by atoms with van der Waals surface area (Å²) in [6.07, 6.45) is 4.95. The van der Waals surface area contributed by atoms with Gasteiger partial charge in [0.1, 0.15) is 0 Å². The first-order chi connectivity index (χ1) is 5.40. The molecule has 0 aliphatic carbocycles. The van der Waals surface area contributed by atoms with Crippen molar-refractivity contribution >= 4 is 17.8 Å². The smallest absolute Gasteiger partial charge is 0.257 e. The average Bonchev–Trinajstić information content (AvgIpc) is 2.46. The standard InChI is InChI=1S/C7H8N2OS/c1-11-7-9-6-5(10-7)3-2-4-8-6/h3H,2,4H2,1H3. The largest absolute Gasteiger partial charge is 0.430 e. The fourth-order valence-electron chi connectivity index (χ4n) is 1.00. The molecule has 58 valence electrons. The first kappa shape index (κ1) is 6.91. The summed E-state index contributed by atoms with van der Waals surface area (Å²) >= 11 is 1.50. The molecule has 0 amide bonds. The zero-order chi connectivity index (χ0) is 7.68. The van der Waals surface area contributed by atoms with Crippen LogP contribution in [0.15, 0.2) is 14.6 Å². The Balaban J connectivity index is 2.66. The number of rotatable bonds is 1. The van der Waals surface area contributed by atoms with Gasteiger partial charge in [-0.15, -0.1) is 0 Å². The van der Waals surface area contributed by atoms with Crippen LogP contribution < -0.4 is 10.9 Å². The average molecular weight is 168 g/mol. The van der Waals surface area contributed by atoms with Gasteiger partial charge in [-0.05, 0) is 18.8 Å². The highest BCUT2D eigenvalue weighted by molar-refractivity contribution is 7.98. The molecule has 2 rings (SSSR count). The van der Waals surface area contributed by atoms with E-state index in [9.17, 15) is 0 Å². The molecular weight excluding hydrogens is 160 g/mol. The molecule has 0 unspecified atom stereocenters. The van der Waals surface area contributed by atoms with E-state index < -0.39 is 0 Å². The monoisotopic (exact) mass is 168 g/mol. The molecule has 0 saturated heterocycles. The fraction of sp³-hybridized carbons (Fsp3) is 0.429. The number of hydrogen-bond acceptors (Lipinski definition) is 4. The lowest BCUT2D eigenvalue weighted by molar-refractivity contribution is 0.427. The topological polar surface area (TPSA) is 38.4 Å². The van der Waals surface area contributed by atoms with E-state index in [0.717, 1.165) is 23.9 Å². The van der Waals surface area contributed by atoms with Crippen molar-refractivity contribution in [2.45, 2.75) is 11.6 Å². The summed E-state index contributed by atoms with van der Waals surface area (Å²) in [5.41, 5.74) is 1.60. The molecule has 1 aromatic rings. The number of fused-ring (bicyclic) bond motifs is 1. The molecule has 0 N–H and O–H groups in total. The molecule has 0 spiro atoms. The third-order valence-corrected chi connectivity index (χ3v) is 2.03. The van der Waals surface area contributed by atoms with Gasteiger partial charge in [-0.1, -0.05) is 11.8 Å². The second-order valence-corrected chi connectivity index (χ2v) is 3.00. The fourth-order valence-corrected chi connectivity index (χ4v) is 1.35. The minimum Gasteiger partial charge on any atom is -0.430 e. The van der Waals surface area contributed by atoms with E-state index in [-0.39, 0.29) is 0 Å². The lowest BCUT2D eigenvalue weighted by Gasteiger charge is -1.88. The van der Waals surface area contributed by atoms with Crippen LogP contribution in [0.2, 0.25) is 0 Å². The lowest BCUT2D eigenvalue weighted by Crippen LogP contribution is -2.25. The van der Waals surface area contributed by atoms with Gasteiger partial charge in [0, 0.05) is 6.54 Å². The van der Waals surface area contributed by atoms with Gasteiger partial charge in [-0.2, -0.15) is 4.98 Å². The van der Waals surface area contributed by atoms with Crippen molar-refractivity contribution < 1.29 is 4.42 Å². The van der Waals surface area contributed by atoms with Gasteiger partial charge in [0.2, 0.25) is 0 Å². The molecule has 0 fully saturated rings. The molecule has 0 aromatic carbocycles. The maximum absolute atomic E-state index is 5.36. The zero-order valence-electron chi connectivity index (χ0n) is 6.20. The van der Waals surface area contributed by atoms with Crippen LogP contribution in [0.1, 0.15) is 6.42 Å². The Labute approximate surface area is 68.2 Å². The van der Waals surface area contributed by atoms with Crippen LogP contribution in [-0.2, 0) is 0 Å². The van der Waals surface area contributed by atoms with Crippen LogP contribution in [0.3, 0.4) is 0 Å². The van der Waals surface area contributed by atoms with Crippen LogP contribution in [0.5, 0.6) is 0 Å². The van der Waals surface area contributed by atoms with E-state index in [1.54, 1.807) is 0 Å². The van der Waals surface area contributed by atoms with Gasteiger partial charge in [-0.3, -0.25) is 4.99 Å². The molecule has 2 heterocycles. The Morgan fingerprint density at radius 3 is 3.27 bits per heavy atom. The summed E-state index contributed by atoms with van der Waals surface area (Å²) in [6.45, 7) is 0.841. The summed E-state index contributed by atoms with van der Waals surface area (Å²) in [5.74, 6) is 0. The van der Waals surface area contributed by atoms with Crippen molar-refractivity contribution in [1.29, 1.82) is 0 Å². The second kappa shape index (κ2) is 2.70. The maximum atomic E-state index is 5.36. The van der Waals surface area contributed by atoms with E-state index >= 15 is 0 Å². The van der Waals surface area contributed by atoms with Crippen LogP contribution in [-0.4, -0.2) is 17.8 Å². The molecule has 1 aromatic heterocycles. The second-order valence-electron chi connectivity index (χ2n) is 2.25. The molecule has 0 atom stereocenters. The predicted octanol–water partition coefficient (Wildman–Crippen LogP) is 0.200. The highest BCUT2D eigenvalue weighted by atomic mass is 32.2. The van der Waals surface area contributed by atoms with Crippen molar-refractivity contribution in [3.05, 3.63) is 10.9 Å². The Bertz CT molecular complexity index is 335. The number of hydrogen-bond donors (Lipinski definition) is 0. The van der Waals surface area contributed by atoms with E-state index in [1.165, 1.54) is 11.8 Å². The molecule has 4 heteroatoms. The highest BCUT2D eigenvalue weighted by Gasteiger charge is 2.02. The van der Waals surface area contributed by atoms with Gasteiger partial charge in [0.25, 0.3) is 5.22 Å². The maximum Gasteiger partial charge on any atom is 0.257 e. The molecular formula is C7H8N2OS. The molecule has 1 aliphatic rings. The number of thioether (sulfide) groups is 1. The summed E-state index contributed by atoms with van der Waals surface area (Å²) in [4.78, 5) is 8.38. The van der Waals surface area contributed by atoms with E-state index in [1.807, 2.05) is 12.3 Å². The van der Waals surface area contributed by atoms with Crippen molar-refractivity contribution in [2.24, 2.45) is 4.99 Å². The SMILES string of the molecule is CSc1nc2c(o1)=CCCN=2. The van der Waals surface area contributed by atoms with Crippen molar-refractivity contribution in [2.75, 3.05) is 12.8 Å². The molecule has 0 radical (unpaired) electrons. The van der Waals surface area contributed by atoms with Crippen molar-refractivity contribution in [3.8, 4) is 0 Å². The third kappa shape index (κ3) is 1.18. The van der Waals surface area contributed by atoms with Gasteiger partial charge < -0.3 is 4.42 Å².